The lowest BCUT2D eigenvalue weighted by atomic mass is 9.98. The van der Waals surface area contributed by atoms with E-state index < -0.39 is 24.5 Å². The quantitative estimate of drug-likeness (QED) is 0.883. The average molecular weight is 355 g/mol. The lowest BCUT2D eigenvalue weighted by molar-refractivity contribution is -0.141. The van der Waals surface area contributed by atoms with Crippen molar-refractivity contribution >= 4 is 22.6 Å². The number of anilines is 1. The maximum absolute atomic E-state index is 12.3. The van der Waals surface area contributed by atoms with Gasteiger partial charge < -0.3 is 15.3 Å². The first-order chi connectivity index (χ1) is 11.8. The molecule has 2 N–H and O–H groups in total. The maximum Gasteiger partial charge on any atom is 0.405 e. The fraction of sp³-hybridized carbons (Fsp3) is 0.500. The summed E-state index contributed by atoms with van der Waals surface area (Å²) in [6.07, 6.45) is 0.443. The number of nitrogens with zero attached hydrogens (tertiary/aromatic N) is 3. The van der Waals surface area contributed by atoms with E-state index in [-0.39, 0.29) is 0 Å². The van der Waals surface area contributed by atoms with E-state index in [1.54, 1.807) is 12.4 Å². The van der Waals surface area contributed by atoms with E-state index in [1.807, 2.05) is 34.5 Å². The van der Waals surface area contributed by atoms with Gasteiger partial charge in [-0.25, -0.2) is 9.99 Å². The van der Waals surface area contributed by atoms with Gasteiger partial charge in [-0.2, -0.15) is 13.2 Å². The van der Waals surface area contributed by atoms with Gasteiger partial charge in [0.15, 0.2) is 0 Å². The van der Waals surface area contributed by atoms with Crippen LogP contribution in [-0.2, 0) is 4.79 Å². The molecule has 1 amide bonds. The second-order valence-corrected chi connectivity index (χ2v) is 6.18. The Morgan fingerprint density at radius 1 is 1.48 bits per heavy atom. The molecule has 9 heteroatoms. The van der Waals surface area contributed by atoms with Crippen LogP contribution in [0.4, 0.5) is 18.9 Å². The molecule has 1 aliphatic heterocycles. The van der Waals surface area contributed by atoms with Crippen LogP contribution in [0.1, 0.15) is 12.8 Å². The SMILES string of the molecule is CN(c1ccnc2[nH]ccc12)N1CCCC(C(=O)NCC(F)(F)F)C1. The molecule has 0 spiro atoms. The van der Waals surface area contributed by atoms with Crippen LogP contribution in [0, 0.1) is 5.92 Å². The number of fused-ring (bicyclic) bond motifs is 1. The summed E-state index contributed by atoms with van der Waals surface area (Å²) in [5, 5.41) is 6.88. The van der Waals surface area contributed by atoms with Crippen molar-refractivity contribution in [2.24, 2.45) is 5.92 Å². The molecule has 0 saturated carbocycles. The molecule has 0 aliphatic carbocycles. The zero-order valence-corrected chi connectivity index (χ0v) is 13.8. The normalized spacial score (nSPS) is 19.1. The van der Waals surface area contributed by atoms with Crippen LogP contribution in [0.2, 0.25) is 0 Å². The molecule has 136 valence electrons. The number of alkyl halides is 3. The molecule has 2 aromatic heterocycles. The van der Waals surface area contributed by atoms with Crippen molar-refractivity contribution in [3.8, 4) is 0 Å². The lowest BCUT2D eigenvalue weighted by Gasteiger charge is -2.39. The van der Waals surface area contributed by atoms with E-state index in [0.29, 0.717) is 13.0 Å². The molecular formula is C16H20F3N5O. The molecule has 1 fully saturated rings. The highest BCUT2D eigenvalue weighted by Gasteiger charge is 2.32. The largest absolute Gasteiger partial charge is 0.405 e. The Balaban J connectivity index is 1.68. The number of carbonyl (C=O) groups excluding carboxylic acids is 1. The van der Waals surface area contributed by atoms with E-state index in [0.717, 1.165) is 29.7 Å². The van der Waals surface area contributed by atoms with E-state index in [9.17, 15) is 18.0 Å². The maximum atomic E-state index is 12.3. The first-order valence-electron chi connectivity index (χ1n) is 8.10. The summed E-state index contributed by atoms with van der Waals surface area (Å²) in [4.78, 5) is 19.3. The number of piperidine rings is 1. The molecule has 1 unspecified atom stereocenters. The number of amides is 1. The minimum absolute atomic E-state index is 0.383. The highest BCUT2D eigenvalue weighted by molar-refractivity contribution is 5.89. The summed E-state index contributed by atoms with van der Waals surface area (Å²) < 4.78 is 36.9. The third-order valence-electron chi connectivity index (χ3n) is 4.44. The monoisotopic (exact) mass is 355 g/mol. The number of hydrazine groups is 1. The number of rotatable bonds is 4. The Hall–Kier alpha value is -2.29. The van der Waals surface area contributed by atoms with Gasteiger partial charge in [0.25, 0.3) is 0 Å². The molecule has 3 heterocycles. The third-order valence-corrected chi connectivity index (χ3v) is 4.44. The molecule has 1 saturated heterocycles. The van der Waals surface area contributed by atoms with Gasteiger partial charge >= 0.3 is 6.18 Å². The van der Waals surface area contributed by atoms with Crippen LogP contribution in [0.5, 0.6) is 0 Å². The number of carbonyl (C=O) groups is 1. The van der Waals surface area contributed by atoms with Gasteiger partial charge in [0.1, 0.15) is 12.2 Å². The number of aromatic nitrogens is 2. The number of hydrogen-bond donors (Lipinski definition) is 2. The van der Waals surface area contributed by atoms with Crippen molar-refractivity contribution < 1.29 is 18.0 Å². The van der Waals surface area contributed by atoms with Crippen LogP contribution < -0.4 is 10.3 Å². The summed E-state index contributed by atoms with van der Waals surface area (Å²) in [6, 6.07) is 3.80. The van der Waals surface area contributed by atoms with E-state index in [1.165, 1.54) is 0 Å². The second kappa shape index (κ2) is 6.91. The Morgan fingerprint density at radius 2 is 2.28 bits per heavy atom. The molecule has 1 aliphatic rings. The summed E-state index contributed by atoms with van der Waals surface area (Å²) in [7, 11) is 1.89. The zero-order valence-electron chi connectivity index (χ0n) is 13.8. The van der Waals surface area contributed by atoms with Crippen molar-refractivity contribution in [3.63, 3.8) is 0 Å². The van der Waals surface area contributed by atoms with Gasteiger partial charge in [-0.1, -0.05) is 0 Å². The number of halogens is 3. The summed E-state index contributed by atoms with van der Waals surface area (Å²) >= 11 is 0. The predicted octanol–water partition coefficient (Wildman–Crippen LogP) is 2.30. The predicted molar refractivity (Wildman–Crippen MR) is 87.9 cm³/mol. The van der Waals surface area contributed by atoms with Crippen molar-refractivity contribution in [1.82, 2.24) is 20.3 Å². The fourth-order valence-corrected chi connectivity index (χ4v) is 3.16. The van der Waals surface area contributed by atoms with Crippen LogP contribution >= 0.6 is 0 Å². The van der Waals surface area contributed by atoms with Crippen LogP contribution in [0.25, 0.3) is 11.0 Å². The van der Waals surface area contributed by atoms with Crippen molar-refractivity contribution in [2.75, 3.05) is 31.7 Å². The lowest BCUT2D eigenvalue weighted by Crippen LogP contribution is -2.50. The number of aromatic amines is 1. The van der Waals surface area contributed by atoms with Gasteiger partial charge in [-0.05, 0) is 25.0 Å². The summed E-state index contributed by atoms with van der Waals surface area (Å²) in [5.74, 6) is -1.00. The van der Waals surface area contributed by atoms with Crippen LogP contribution in [0.15, 0.2) is 24.5 Å². The molecular weight excluding hydrogens is 335 g/mol. The summed E-state index contributed by atoms with van der Waals surface area (Å²) in [5.41, 5.74) is 1.70. The molecule has 2 aromatic rings. The van der Waals surface area contributed by atoms with E-state index >= 15 is 0 Å². The Bertz CT molecular complexity index is 745. The molecule has 0 radical (unpaired) electrons. The molecule has 3 rings (SSSR count). The molecule has 25 heavy (non-hydrogen) atoms. The number of nitrogens with one attached hydrogen (secondary N) is 2. The fourth-order valence-electron chi connectivity index (χ4n) is 3.16. The van der Waals surface area contributed by atoms with Gasteiger partial charge in [-0.15, -0.1) is 0 Å². The Morgan fingerprint density at radius 3 is 3.04 bits per heavy atom. The van der Waals surface area contributed by atoms with Gasteiger partial charge in [0, 0.05) is 37.9 Å². The minimum atomic E-state index is -4.39. The van der Waals surface area contributed by atoms with Gasteiger partial charge in [0.2, 0.25) is 5.91 Å². The Labute approximate surface area is 143 Å². The molecule has 0 aromatic carbocycles. The third kappa shape index (κ3) is 4.04. The highest BCUT2D eigenvalue weighted by Crippen LogP contribution is 2.27. The molecule has 1 atom stereocenters. The van der Waals surface area contributed by atoms with E-state index in [4.69, 9.17) is 0 Å². The standard InChI is InChI=1S/C16H20F3N5O/c1-23(13-5-7-21-14-12(13)4-6-20-14)24-8-2-3-11(9-24)15(25)22-10-16(17,18)19/h4-7,11H,2-3,8-10H2,1H3,(H,20,21)(H,22,25). The molecule has 6 nitrogen and oxygen atoms in total. The van der Waals surface area contributed by atoms with Crippen LogP contribution in [-0.4, -0.2) is 53.7 Å². The van der Waals surface area contributed by atoms with Crippen LogP contribution in [0.3, 0.4) is 0 Å². The zero-order chi connectivity index (χ0) is 18.0. The Kier molecular flexibility index (Phi) is 4.85. The van der Waals surface area contributed by atoms with Gasteiger partial charge in [0.05, 0.1) is 11.6 Å². The topological polar surface area (TPSA) is 64.3 Å². The number of pyridine rings is 1. The van der Waals surface area contributed by atoms with Crippen molar-refractivity contribution in [2.45, 2.75) is 19.0 Å². The highest BCUT2D eigenvalue weighted by atomic mass is 19.4. The van der Waals surface area contributed by atoms with Crippen molar-refractivity contribution in [3.05, 3.63) is 24.5 Å². The van der Waals surface area contributed by atoms with E-state index in [2.05, 4.69) is 9.97 Å². The number of H-pyrrole nitrogens is 1. The minimum Gasteiger partial charge on any atom is -0.347 e. The van der Waals surface area contributed by atoms with Gasteiger partial charge in [-0.3, -0.25) is 4.79 Å². The smallest absolute Gasteiger partial charge is 0.347 e. The molecule has 0 bridgehead atoms. The second-order valence-electron chi connectivity index (χ2n) is 6.18. The summed E-state index contributed by atoms with van der Waals surface area (Å²) in [6.45, 7) is -0.158. The first-order valence-corrected chi connectivity index (χ1v) is 8.10. The number of hydrogen-bond acceptors (Lipinski definition) is 4. The van der Waals surface area contributed by atoms with Crippen molar-refractivity contribution in [1.29, 1.82) is 0 Å². The average Bonchev–Trinajstić information content (AvgIpc) is 3.07. The first kappa shape index (κ1) is 17.5.